The Kier molecular flexibility index (Phi) is 6.27. The van der Waals surface area contributed by atoms with Crippen LogP contribution in [0.2, 0.25) is 0 Å². The normalized spacial score (nSPS) is 18.0. The third-order valence-electron chi connectivity index (χ3n) is 4.89. The zero-order chi connectivity index (χ0) is 22.7. The first kappa shape index (κ1) is 21.6. The van der Waals surface area contributed by atoms with Crippen LogP contribution in [0.25, 0.3) is 0 Å². The van der Waals surface area contributed by atoms with Crippen molar-refractivity contribution in [2.45, 2.75) is 19.4 Å². The number of rotatable bonds is 6. The Morgan fingerprint density at radius 2 is 2.06 bits per heavy atom. The van der Waals surface area contributed by atoms with Gasteiger partial charge in [-0.25, -0.2) is 14.6 Å². The average Bonchev–Trinajstić information content (AvgIpc) is 3.32. The molecule has 32 heavy (non-hydrogen) atoms. The minimum Gasteiger partial charge on any atom is -0.458 e. The maximum absolute atomic E-state index is 12.9. The van der Waals surface area contributed by atoms with Crippen molar-refractivity contribution >= 4 is 34.8 Å². The van der Waals surface area contributed by atoms with Gasteiger partial charge in [-0.05, 0) is 36.8 Å². The highest BCUT2D eigenvalue weighted by Crippen LogP contribution is 2.40. The van der Waals surface area contributed by atoms with Gasteiger partial charge in [0.15, 0.2) is 5.17 Å². The van der Waals surface area contributed by atoms with Crippen molar-refractivity contribution in [3.8, 4) is 5.75 Å². The molecule has 0 aliphatic carbocycles. The summed E-state index contributed by atoms with van der Waals surface area (Å²) < 4.78 is 15.6. The smallest absolute Gasteiger partial charge is 0.379 e. The zero-order valence-electron chi connectivity index (χ0n) is 17.3. The van der Waals surface area contributed by atoms with Gasteiger partial charge in [-0.1, -0.05) is 36.5 Å². The Morgan fingerprint density at radius 3 is 2.75 bits per heavy atom. The molecular weight excluding hydrogens is 432 g/mol. The number of amidine groups is 1. The van der Waals surface area contributed by atoms with Crippen LogP contribution in [0.3, 0.4) is 0 Å². The fourth-order valence-electron chi connectivity index (χ4n) is 3.46. The molecule has 1 saturated heterocycles. The van der Waals surface area contributed by atoms with Gasteiger partial charge in [0.25, 0.3) is 0 Å². The number of esters is 2. The Bertz CT molecular complexity index is 1120. The Hall–Kier alpha value is -3.59. The number of aliphatic imine (C=N–C) groups is 1. The molecule has 2 aliphatic rings. The quantitative estimate of drug-likeness (QED) is 0.373. The summed E-state index contributed by atoms with van der Waals surface area (Å²) in [5.74, 6) is -0.290. The van der Waals surface area contributed by atoms with Gasteiger partial charge in [-0.2, -0.15) is 0 Å². The summed E-state index contributed by atoms with van der Waals surface area (Å²) in [5, 5.41) is 0.553. The Balaban J connectivity index is 1.67. The Morgan fingerprint density at radius 1 is 1.28 bits per heavy atom. The molecule has 1 atom stereocenters. The second-order valence-electron chi connectivity index (χ2n) is 6.98. The summed E-state index contributed by atoms with van der Waals surface area (Å²) in [6.45, 7) is 5.33. The molecule has 0 spiro atoms. The standard InChI is InChI=1S/C23H20N2O6S/c1-3-11-30-22(28)19-14(2)24-23-25(18(26)10-13-32-23)20(19)15-6-8-16(9-7-15)31-21(27)17-5-4-12-29-17/h3-9,12,20H,1,10-11,13H2,2H3/t20-/m0/s1. The summed E-state index contributed by atoms with van der Waals surface area (Å²) in [6.07, 6.45) is 3.20. The molecule has 8 nitrogen and oxygen atoms in total. The minimum atomic E-state index is -0.699. The number of amides is 1. The summed E-state index contributed by atoms with van der Waals surface area (Å²) in [5.41, 5.74) is 1.44. The topological polar surface area (TPSA) is 98.4 Å². The van der Waals surface area contributed by atoms with E-state index in [2.05, 4.69) is 11.6 Å². The van der Waals surface area contributed by atoms with Gasteiger partial charge in [0.1, 0.15) is 12.4 Å². The molecular formula is C23H20N2O6S. The van der Waals surface area contributed by atoms with Gasteiger partial charge < -0.3 is 13.9 Å². The van der Waals surface area contributed by atoms with Crippen molar-refractivity contribution in [2.75, 3.05) is 12.4 Å². The van der Waals surface area contributed by atoms with E-state index in [1.54, 1.807) is 37.3 Å². The first-order chi connectivity index (χ1) is 15.5. The molecule has 1 aromatic heterocycles. The zero-order valence-corrected chi connectivity index (χ0v) is 18.1. The number of carbonyl (C=O) groups excluding carboxylic acids is 3. The third-order valence-corrected chi connectivity index (χ3v) is 5.84. The highest BCUT2D eigenvalue weighted by molar-refractivity contribution is 8.14. The monoisotopic (exact) mass is 452 g/mol. The third kappa shape index (κ3) is 4.24. The highest BCUT2D eigenvalue weighted by Gasteiger charge is 2.41. The van der Waals surface area contributed by atoms with Crippen LogP contribution in [0.15, 0.2) is 76.0 Å². The van der Waals surface area contributed by atoms with Crippen molar-refractivity contribution in [1.29, 1.82) is 0 Å². The first-order valence-corrected chi connectivity index (χ1v) is 10.9. The van der Waals surface area contributed by atoms with Crippen LogP contribution in [-0.2, 0) is 14.3 Å². The van der Waals surface area contributed by atoms with Crippen molar-refractivity contribution in [3.05, 3.63) is 77.9 Å². The van der Waals surface area contributed by atoms with E-state index in [0.717, 1.165) is 0 Å². The lowest BCUT2D eigenvalue weighted by atomic mass is 9.94. The first-order valence-electron chi connectivity index (χ1n) is 9.87. The van der Waals surface area contributed by atoms with E-state index in [0.29, 0.717) is 34.4 Å². The largest absolute Gasteiger partial charge is 0.458 e. The lowest BCUT2D eigenvalue weighted by molar-refractivity contribution is -0.139. The molecule has 1 fully saturated rings. The van der Waals surface area contributed by atoms with Crippen molar-refractivity contribution < 1.29 is 28.3 Å². The van der Waals surface area contributed by atoms with E-state index in [-0.39, 0.29) is 23.8 Å². The lowest BCUT2D eigenvalue weighted by Crippen LogP contribution is -2.45. The fraction of sp³-hybridized carbons (Fsp3) is 0.217. The van der Waals surface area contributed by atoms with Gasteiger partial charge in [0.2, 0.25) is 11.7 Å². The van der Waals surface area contributed by atoms with Crippen LogP contribution in [0.1, 0.15) is 35.5 Å². The molecule has 0 radical (unpaired) electrons. The van der Waals surface area contributed by atoms with Crippen LogP contribution in [0.4, 0.5) is 0 Å². The average molecular weight is 452 g/mol. The molecule has 9 heteroatoms. The van der Waals surface area contributed by atoms with E-state index in [4.69, 9.17) is 13.9 Å². The maximum Gasteiger partial charge on any atom is 0.379 e. The number of benzene rings is 1. The molecule has 0 N–H and O–H groups in total. The van der Waals surface area contributed by atoms with Crippen LogP contribution < -0.4 is 4.74 Å². The Labute approximate surface area is 188 Å². The number of fused-ring (bicyclic) bond motifs is 1. The number of ether oxygens (including phenoxy) is 2. The van der Waals surface area contributed by atoms with Gasteiger partial charge >= 0.3 is 11.9 Å². The van der Waals surface area contributed by atoms with Crippen LogP contribution in [0, 0.1) is 0 Å². The predicted octanol–water partition coefficient (Wildman–Crippen LogP) is 3.88. The molecule has 4 rings (SSSR count). The minimum absolute atomic E-state index is 0.0449. The highest BCUT2D eigenvalue weighted by atomic mass is 32.2. The molecule has 3 heterocycles. The summed E-state index contributed by atoms with van der Waals surface area (Å²) in [6, 6.07) is 9.02. The maximum atomic E-state index is 12.9. The van der Waals surface area contributed by atoms with Crippen LogP contribution >= 0.6 is 11.8 Å². The molecule has 0 saturated carbocycles. The summed E-state index contributed by atoms with van der Waals surface area (Å²) in [4.78, 5) is 43.8. The predicted molar refractivity (Wildman–Crippen MR) is 118 cm³/mol. The fourth-order valence-corrected chi connectivity index (χ4v) is 4.46. The molecule has 2 aromatic rings. The molecule has 2 aliphatic heterocycles. The number of hydrogen-bond donors (Lipinski definition) is 0. The molecule has 164 valence electrons. The number of furan rings is 1. The number of nitrogens with zero attached hydrogens (tertiary/aromatic N) is 2. The van der Waals surface area contributed by atoms with E-state index < -0.39 is 18.0 Å². The van der Waals surface area contributed by atoms with Gasteiger partial charge in [0, 0.05) is 12.2 Å². The SMILES string of the molecule is C=CCOC(=O)C1=C(C)N=C2SCCC(=O)N2[C@H]1c1ccc(OC(=O)c2ccco2)cc1. The van der Waals surface area contributed by atoms with Crippen molar-refractivity contribution in [3.63, 3.8) is 0 Å². The second kappa shape index (κ2) is 9.27. The van der Waals surface area contributed by atoms with E-state index >= 15 is 0 Å². The summed E-state index contributed by atoms with van der Waals surface area (Å²) >= 11 is 1.47. The summed E-state index contributed by atoms with van der Waals surface area (Å²) in [7, 11) is 0. The van der Waals surface area contributed by atoms with E-state index in [1.807, 2.05) is 0 Å². The van der Waals surface area contributed by atoms with Crippen LogP contribution in [-0.4, -0.2) is 40.3 Å². The van der Waals surface area contributed by atoms with Gasteiger partial charge in [-0.3, -0.25) is 9.69 Å². The number of carbonyl (C=O) groups is 3. The van der Waals surface area contributed by atoms with Crippen LogP contribution in [0.5, 0.6) is 5.75 Å². The molecule has 1 aromatic carbocycles. The van der Waals surface area contributed by atoms with Crippen molar-refractivity contribution in [2.24, 2.45) is 4.99 Å². The second-order valence-corrected chi connectivity index (χ2v) is 8.04. The molecule has 0 unspecified atom stereocenters. The number of thioether (sulfide) groups is 1. The van der Waals surface area contributed by atoms with E-state index in [9.17, 15) is 14.4 Å². The van der Waals surface area contributed by atoms with Crippen molar-refractivity contribution in [1.82, 2.24) is 4.90 Å². The number of allylic oxidation sites excluding steroid dienone is 1. The lowest BCUT2D eigenvalue weighted by Gasteiger charge is -2.38. The van der Waals surface area contributed by atoms with Gasteiger partial charge in [-0.15, -0.1) is 0 Å². The molecule has 0 bridgehead atoms. The number of hydrogen-bond acceptors (Lipinski definition) is 8. The van der Waals surface area contributed by atoms with E-state index in [1.165, 1.54) is 35.1 Å². The molecule has 1 amide bonds. The van der Waals surface area contributed by atoms with Gasteiger partial charge in [0.05, 0.1) is 23.6 Å².